The third-order valence-corrected chi connectivity index (χ3v) is 3.45. The van der Waals surface area contributed by atoms with Gasteiger partial charge in [-0.1, -0.05) is 12.1 Å². The van der Waals surface area contributed by atoms with Crippen molar-refractivity contribution < 1.29 is 13.5 Å². The lowest BCUT2D eigenvalue weighted by Gasteiger charge is -2.23. The second-order valence-corrected chi connectivity index (χ2v) is 5.38. The number of nitrogens with two attached hydrogens (primary N) is 1. The zero-order valence-electron chi connectivity index (χ0n) is 10.8. The van der Waals surface area contributed by atoms with Gasteiger partial charge in [-0.3, -0.25) is 0 Å². The van der Waals surface area contributed by atoms with Gasteiger partial charge in [0.1, 0.15) is 23.5 Å². The summed E-state index contributed by atoms with van der Waals surface area (Å²) in [5, 5.41) is 0. The number of ether oxygens (including phenoxy) is 1. The Kier molecular flexibility index (Phi) is 4.73. The summed E-state index contributed by atoms with van der Waals surface area (Å²) in [7, 11) is 0. The number of hydrogen-bond donors (Lipinski definition) is 1. The van der Waals surface area contributed by atoms with Crippen LogP contribution in [0.4, 0.5) is 8.78 Å². The highest BCUT2D eigenvalue weighted by atomic mass is 79.9. The molecule has 0 heterocycles. The second kappa shape index (κ2) is 6.33. The molecule has 2 aromatic rings. The Morgan fingerprint density at radius 2 is 1.90 bits per heavy atom. The topological polar surface area (TPSA) is 35.2 Å². The molecule has 2 aromatic carbocycles. The lowest BCUT2D eigenvalue weighted by Crippen LogP contribution is -2.29. The largest absolute Gasteiger partial charge is 0.484 e. The van der Waals surface area contributed by atoms with Crippen molar-refractivity contribution in [2.75, 3.05) is 0 Å². The van der Waals surface area contributed by atoms with E-state index in [0.717, 1.165) is 0 Å². The van der Waals surface area contributed by atoms with E-state index in [2.05, 4.69) is 15.9 Å². The molecule has 2 N–H and O–H groups in total. The van der Waals surface area contributed by atoms with E-state index in [-0.39, 0.29) is 11.9 Å². The Morgan fingerprint density at radius 1 is 1.15 bits per heavy atom. The average molecular weight is 342 g/mol. The fourth-order valence-corrected chi connectivity index (χ4v) is 2.11. The van der Waals surface area contributed by atoms with Crippen LogP contribution in [-0.2, 0) is 0 Å². The molecule has 0 radical (unpaired) electrons. The van der Waals surface area contributed by atoms with Gasteiger partial charge >= 0.3 is 0 Å². The summed E-state index contributed by atoms with van der Waals surface area (Å²) in [6, 6.07) is 10.1. The van der Waals surface area contributed by atoms with Crippen LogP contribution in [0.1, 0.15) is 18.6 Å². The minimum Gasteiger partial charge on any atom is -0.484 e. The number of hydrogen-bond acceptors (Lipinski definition) is 2. The van der Waals surface area contributed by atoms with Crippen LogP contribution >= 0.6 is 15.9 Å². The summed E-state index contributed by atoms with van der Waals surface area (Å²) >= 11 is 3.07. The molecule has 0 aromatic heterocycles. The van der Waals surface area contributed by atoms with Gasteiger partial charge in [-0.15, -0.1) is 0 Å². The van der Waals surface area contributed by atoms with Crippen molar-refractivity contribution >= 4 is 15.9 Å². The molecule has 5 heteroatoms. The standard InChI is InChI=1S/C15H14BrF2NO/c1-9(19)15(10-3-2-4-11(17)7-10)20-12-5-6-13(16)14(18)8-12/h2-9,15H,19H2,1H3. The first-order valence-electron chi connectivity index (χ1n) is 6.10. The SMILES string of the molecule is CC(N)C(Oc1ccc(Br)c(F)c1)c1cccc(F)c1. The maximum atomic E-state index is 13.5. The molecule has 106 valence electrons. The monoisotopic (exact) mass is 341 g/mol. The van der Waals surface area contributed by atoms with E-state index in [1.54, 1.807) is 31.2 Å². The van der Waals surface area contributed by atoms with E-state index >= 15 is 0 Å². The lowest BCUT2D eigenvalue weighted by atomic mass is 10.0. The van der Waals surface area contributed by atoms with Crippen molar-refractivity contribution in [3.8, 4) is 5.75 Å². The van der Waals surface area contributed by atoms with Gasteiger partial charge in [0.2, 0.25) is 0 Å². The van der Waals surface area contributed by atoms with Crippen LogP contribution < -0.4 is 10.5 Å². The summed E-state index contributed by atoms with van der Waals surface area (Å²) in [6.07, 6.45) is -0.550. The summed E-state index contributed by atoms with van der Waals surface area (Å²) in [6.45, 7) is 1.75. The molecular formula is C15H14BrF2NO. The van der Waals surface area contributed by atoms with Crippen molar-refractivity contribution in [1.29, 1.82) is 0 Å². The number of halogens is 3. The maximum absolute atomic E-state index is 13.5. The minimum absolute atomic E-state index is 0.345. The van der Waals surface area contributed by atoms with E-state index in [4.69, 9.17) is 10.5 Å². The fourth-order valence-electron chi connectivity index (χ4n) is 1.86. The van der Waals surface area contributed by atoms with Crippen molar-refractivity contribution in [3.63, 3.8) is 0 Å². The zero-order valence-corrected chi connectivity index (χ0v) is 12.4. The molecule has 0 bridgehead atoms. The van der Waals surface area contributed by atoms with Crippen LogP contribution in [-0.4, -0.2) is 6.04 Å². The predicted molar refractivity (Wildman–Crippen MR) is 77.5 cm³/mol. The van der Waals surface area contributed by atoms with E-state index in [1.165, 1.54) is 18.2 Å². The number of rotatable bonds is 4. The highest BCUT2D eigenvalue weighted by Crippen LogP contribution is 2.27. The molecule has 2 rings (SSSR count). The highest BCUT2D eigenvalue weighted by Gasteiger charge is 2.19. The molecule has 2 unspecified atom stereocenters. The Morgan fingerprint density at radius 3 is 2.50 bits per heavy atom. The van der Waals surface area contributed by atoms with Crippen molar-refractivity contribution in [2.45, 2.75) is 19.1 Å². The van der Waals surface area contributed by atoms with Gasteiger partial charge in [-0.05, 0) is 52.7 Å². The Balaban J connectivity index is 2.28. The van der Waals surface area contributed by atoms with Gasteiger partial charge in [0, 0.05) is 12.1 Å². The molecule has 20 heavy (non-hydrogen) atoms. The van der Waals surface area contributed by atoms with E-state index in [1.807, 2.05) is 0 Å². The van der Waals surface area contributed by atoms with Crippen LogP contribution in [0.5, 0.6) is 5.75 Å². The van der Waals surface area contributed by atoms with Gasteiger partial charge < -0.3 is 10.5 Å². The smallest absolute Gasteiger partial charge is 0.141 e. The quantitative estimate of drug-likeness (QED) is 0.904. The zero-order chi connectivity index (χ0) is 14.7. The molecule has 0 aliphatic heterocycles. The maximum Gasteiger partial charge on any atom is 0.141 e. The summed E-state index contributed by atoms with van der Waals surface area (Å²) in [5.41, 5.74) is 6.50. The van der Waals surface area contributed by atoms with Crippen LogP contribution in [0.15, 0.2) is 46.9 Å². The predicted octanol–water partition coefficient (Wildman–Crippen LogP) is 4.19. The Hall–Kier alpha value is -1.46. The molecule has 2 nitrogen and oxygen atoms in total. The van der Waals surface area contributed by atoms with Crippen molar-refractivity contribution in [3.05, 3.63) is 64.1 Å². The second-order valence-electron chi connectivity index (χ2n) is 4.53. The number of benzene rings is 2. The third kappa shape index (κ3) is 3.55. The van der Waals surface area contributed by atoms with Crippen LogP contribution in [0.25, 0.3) is 0 Å². The highest BCUT2D eigenvalue weighted by molar-refractivity contribution is 9.10. The van der Waals surface area contributed by atoms with Gasteiger partial charge in [0.05, 0.1) is 4.47 Å². The summed E-state index contributed by atoms with van der Waals surface area (Å²) in [4.78, 5) is 0. The molecule has 0 spiro atoms. The molecule has 2 atom stereocenters. The van der Waals surface area contributed by atoms with E-state index in [9.17, 15) is 8.78 Å². The van der Waals surface area contributed by atoms with Gasteiger partial charge in [0.25, 0.3) is 0 Å². The molecular weight excluding hydrogens is 328 g/mol. The molecule has 0 aliphatic rings. The summed E-state index contributed by atoms with van der Waals surface area (Å²) < 4.78 is 32.8. The van der Waals surface area contributed by atoms with Gasteiger partial charge in [-0.25, -0.2) is 8.78 Å². The van der Waals surface area contributed by atoms with Crippen molar-refractivity contribution in [2.24, 2.45) is 5.73 Å². The van der Waals surface area contributed by atoms with E-state index < -0.39 is 11.9 Å². The Bertz CT molecular complexity index is 604. The third-order valence-electron chi connectivity index (χ3n) is 2.81. The van der Waals surface area contributed by atoms with Gasteiger partial charge in [0.15, 0.2) is 0 Å². The average Bonchev–Trinajstić information content (AvgIpc) is 2.39. The molecule has 0 aliphatic carbocycles. The van der Waals surface area contributed by atoms with Crippen LogP contribution in [0.3, 0.4) is 0 Å². The normalized spacial score (nSPS) is 13.8. The molecule has 0 saturated heterocycles. The van der Waals surface area contributed by atoms with Crippen LogP contribution in [0, 0.1) is 11.6 Å². The first-order chi connectivity index (χ1) is 9.47. The first kappa shape index (κ1) is 14.9. The molecule has 0 fully saturated rings. The molecule has 0 amide bonds. The van der Waals surface area contributed by atoms with Crippen LogP contribution in [0.2, 0.25) is 0 Å². The summed E-state index contributed by atoms with van der Waals surface area (Å²) in [5.74, 6) is -0.443. The lowest BCUT2D eigenvalue weighted by molar-refractivity contribution is 0.179. The molecule has 0 saturated carbocycles. The first-order valence-corrected chi connectivity index (χ1v) is 6.89. The van der Waals surface area contributed by atoms with E-state index in [0.29, 0.717) is 15.8 Å². The Labute approximate surface area is 124 Å². The van der Waals surface area contributed by atoms with Gasteiger partial charge in [-0.2, -0.15) is 0 Å². The van der Waals surface area contributed by atoms with Crippen molar-refractivity contribution in [1.82, 2.24) is 0 Å². The minimum atomic E-state index is -0.550. The fraction of sp³-hybridized carbons (Fsp3) is 0.200.